The quantitative estimate of drug-likeness (QED) is 0.272. The molecule has 0 spiro atoms. The highest BCUT2D eigenvalue weighted by Crippen LogP contribution is 2.39. The Morgan fingerprint density at radius 2 is 1.62 bits per heavy atom. The second-order valence-electron chi connectivity index (χ2n) is 2.58. The fourth-order valence-electron chi connectivity index (χ4n) is 0.926. The fourth-order valence-corrected chi connectivity index (χ4v) is 1.33. The van der Waals surface area contributed by atoms with Crippen LogP contribution in [0.25, 0.3) is 0 Å². The molecule has 0 atom stereocenters. The Morgan fingerprint density at radius 1 is 1.06 bits per heavy atom. The number of halogens is 6. The van der Waals surface area contributed by atoms with Crippen LogP contribution in [0.15, 0.2) is 0 Å². The van der Waals surface area contributed by atoms with E-state index in [1.54, 1.807) is 0 Å². The van der Waals surface area contributed by atoms with Gasteiger partial charge in [0.15, 0.2) is 23.1 Å². The van der Waals surface area contributed by atoms with Crippen molar-refractivity contribution in [3.63, 3.8) is 0 Å². The maximum absolute atomic E-state index is 13.2. The summed E-state index contributed by atoms with van der Waals surface area (Å²) in [4.78, 5) is 4.23. The first kappa shape index (κ1) is 13.3. The van der Waals surface area contributed by atoms with E-state index in [0.29, 0.717) is 0 Å². The van der Waals surface area contributed by atoms with Crippen molar-refractivity contribution in [2.24, 2.45) is 0 Å². The van der Waals surface area contributed by atoms with Gasteiger partial charge in [0, 0.05) is 0 Å². The normalized spacial score (nSPS) is 10.7. The van der Waals surface area contributed by atoms with Gasteiger partial charge in [-0.1, -0.05) is 33.0 Å². The van der Waals surface area contributed by atoms with Crippen LogP contribution in [0.5, 0.6) is 0 Å². The molecule has 1 aromatic rings. The molecular formula is C8H5Cl2F4NO. The molecule has 90 valence electrons. The fraction of sp³-hybridized carbons (Fsp3) is 0.250. The predicted octanol–water partition coefficient (Wildman–Crippen LogP) is 4.05. The largest absolute Gasteiger partial charge is 0.245 e. The lowest BCUT2D eigenvalue weighted by molar-refractivity contribution is 0.0252. The van der Waals surface area contributed by atoms with Gasteiger partial charge in [-0.3, -0.25) is 0 Å². The maximum atomic E-state index is 13.2. The zero-order chi connectivity index (χ0) is 12.5. The topological polar surface area (TPSA) is 12.5 Å². The average Bonchev–Trinajstić information content (AvgIpc) is 2.24. The molecule has 0 aliphatic carbocycles. The minimum atomic E-state index is -1.92. The molecule has 0 heterocycles. The number of nitrogens with zero attached hydrogens (tertiary/aromatic N) is 1. The number of benzene rings is 1. The van der Waals surface area contributed by atoms with Gasteiger partial charge in [0.05, 0.1) is 11.6 Å². The van der Waals surface area contributed by atoms with E-state index in [9.17, 15) is 17.7 Å². The molecule has 1 rings (SSSR count). The zero-order valence-electron chi connectivity index (χ0n) is 7.83. The van der Waals surface area contributed by atoms with E-state index in [1.165, 1.54) is 6.92 Å². The molecule has 0 unspecified atom stereocenters. The van der Waals surface area contributed by atoms with Crippen molar-refractivity contribution >= 4 is 28.9 Å². The Bertz CT molecular complexity index is 387. The minimum Gasteiger partial charge on any atom is -0.245 e. The van der Waals surface area contributed by atoms with Gasteiger partial charge in [-0.2, -0.15) is 0 Å². The Balaban J connectivity index is 3.39. The van der Waals surface area contributed by atoms with Crippen molar-refractivity contribution in [2.45, 2.75) is 6.92 Å². The summed E-state index contributed by atoms with van der Waals surface area (Å²) in [5.74, 6) is -5.42. The summed E-state index contributed by atoms with van der Waals surface area (Å²) in [5, 5.41) is -2.33. The van der Waals surface area contributed by atoms with E-state index < -0.39 is 38.5 Å². The van der Waals surface area contributed by atoms with Gasteiger partial charge in [-0.15, -0.1) is 0 Å². The Morgan fingerprint density at radius 3 is 2.12 bits per heavy atom. The number of hydrogen-bond acceptors (Lipinski definition) is 2. The average molecular weight is 278 g/mol. The highest BCUT2D eigenvalue weighted by molar-refractivity contribution is 6.43. The van der Waals surface area contributed by atoms with Crippen molar-refractivity contribution in [1.29, 1.82) is 0 Å². The molecule has 0 aliphatic heterocycles. The third-order valence-corrected chi connectivity index (χ3v) is 2.42. The van der Waals surface area contributed by atoms with Crippen LogP contribution in [-0.4, -0.2) is 6.61 Å². The molecule has 16 heavy (non-hydrogen) atoms. The van der Waals surface area contributed by atoms with Crippen LogP contribution in [-0.2, 0) is 4.84 Å². The molecule has 2 nitrogen and oxygen atoms in total. The first-order valence-corrected chi connectivity index (χ1v) is 4.77. The minimum absolute atomic E-state index is 0.164. The van der Waals surface area contributed by atoms with Gasteiger partial charge in [-0.25, -0.2) is 18.0 Å². The Kier molecular flexibility index (Phi) is 4.23. The van der Waals surface area contributed by atoms with Crippen LogP contribution >= 0.6 is 23.2 Å². The van der Waals surface area contributed by atoms with Crippen LogP contribution in [0.1, 0.15) is 6.92 Å². The monoisotopic (exact) mass is 277 g/mol. The van der Waals surface area contributed by atoms with E-state index in [4.69, 9.17) is 23.2 Å². The van der Waals surface area contributed by atoms with Crippen LogP contribution in [0.3, 0.4) is 0 Å². The highest BCUT2D eigenvalue weighted by atomic mass is 35.5. The van der Waals surface area contributed by atoms with Crippen LogP contribution in [0.4, 0.5) is 23.3 Å². The Hall–Kier alpha value is -0.720. The number of anilines is 1. The van der Waals surface area contributed by atoms with Crippen molar-refractivity contribution in [3.05, 3.63) is 27.5 Å². The van der Waals surface area contributed by atoms with Crippen molar-refractivity contribution in [3.8, 4) is 0 Å². The van der Waals surface area contributed by atoms with E-state index in [0.717, 1.165) is 0 Å². The maximum Gasteiger partial charge on any atom is 0.198 e. The van der Waals surface area contributed by atoms with Gasteiger partial charge in [-0.05, 0) is 6.92 Å². The van der Waals surface area contributed by atoms with E-state index in [2.05, 4.69) is 4.84 Å². The standard InChI is InChI=1S/C8H5Cl2F4NO/c1-2-16-15(14)8-4(10)3(9)5(11)6(12)7(8)13/h2H2,1H3. The van der Waals surface area contributed by atoms with E-state index in [1.807, 2.05) is 0 Å². The van der Waals surface area contributed by atoms with Crippen molar-refractivity contribution in [2.75, 3.05) is 11.9 Å². The van der Waals surface area contributed by atoms with Gasteiger partial charge < -0.3 is 0 Å². The number of hydrogen-bond donors (Lipinski definition) is 0. The molecule has 0 saturated carbocycles. The molecule has 0 radical (unpaired) electrons. The van der Waals surface area contributed by atoms with Gasteiger partial charge >= 0.3 is 0 Å². The van der Waals surface area contributed by atoms with Crippen LogP contribution in [0.2, 0.25) is 10.0 Å². The molecule has 0 fully saturated rings. The summed E-state index contributed by atoms with van der Waals surface area (Å²) in [5.41, 5.74) is -1.10. The lowest BCUT2D eigenvalue weighted by atomic mass is 10.3. The molecule has 0 aromatic heterocycles. The van der Waals surface area contributed by atoms with Crippen molar-refractivity contribution in [1.82, 2.24) is 0 Å². The Labute approximate surface area is 98.2 Å². The predicted molar refractivity (Wildman–Crippen MR) is 51.5 cm³/mol. The summed E-state index contributed by atoms with van der Waals surface area (Å²) in [7, 11) is 0. The summed E-state index contributed by atoms with van der Waals surface area (Å²) in [6, 6.07) is 0. The summed E-state index contributed by atoms with van der Waals surface area (Å²) in [6.07, 6.45) is 0. The molecule has 1 aromatic carbocycles. The van der Waals surface area contributed by atoms with E-state index in [-0.39, 0.29) is 6.61 Å². The third-order valence-electron chi connectivity index (χ3n) is 1.60. The second-order valence-corrected chi connectivity index (χ2v) is 3.34. The van der Waals surface area contributed by atoms with Crippen LogP contribution < -0.4 is 5.29 Å². The van der Waals surface area contributed by atoms with Gasteiger partial charge in [0.1, 0.15) is 5.02 Å². The summed E-state index contributed by atoms with van der Waals surface area (Å²) < 4.78 is 52.0. The molecule has 0 aliphatic rings. The van der Waals surface area contributed by atoms with Crippen LogP contribution in [0, 0.1) is 17.5 Å². The first-order chi connectivity index (χ1) is 7.41. The summed E-state index contributed by atoms with van der Waals surface area (Å²) >= 11 is 10.6. The lowest BCUT2D eigenvalue weighted by Gasteiger charge is -2.15. The van der Waals surface area contributed by atoms with Crippen molar-refractivity contribution < 1.29 is 22.5 Å². The van der Waals surface area contributed by atoms with Gasteiger partial charge in [0.25, 0.3) is 0 Å². The highest BCUT2D eigenvalue weighted by Gasteiger charge is 2.27. The van der Waals surface area contributed by atoms with E-state index >= 15 is 0 Å². The smallest absolute Gasteiger partial charge is 0.198 e. The van der Waals surface area contributed by atoms with Gasteiger partial charge in [0.2, 0.25) is 0 Å². The third kappa shape index (κ3) is 2.18. The number of rotatable bonds is 3. The first-order valence-electron chi connectivity index (χ1n) is 4.02. The molecule has 0 N–H and O–H groups in total. The zero-order valence-corrected chi connectivity index (χ0v) is 9.34. The molecule has 0 amide bonds. The summed E-state index contributed by atoms with van der Waals surface area (Å²) in [6.45, 7) is 1.24. The SMILES string of the molecule is CCON(F)c1c(F)c(F)c(F)c(Cl)c1Cl. The lowest BCUT2D eigenvalue weighted by Crippen LogP contribution is -2.16. The molecule has 0 saturated heterocycles. The second kappa shape index (κ2) is 5.07. The molecular weight excluding hydrogens is 273 g/mol. The molecule has 8 heteroatoms. The molecule has 0 bridgehead atoms.